The monoisotopic (exact) mass is 373 g/mol. The van der Waals surface area contributed by atoms with E-state index in [1.165, 1.54) is 0 Å². The number of carbonyl (C=O) groups is 1. The van der Waals surface area contributed by atoms with Gasteiger partial charge in [0.15, 0.2) is 0 Å². The van der Waals surface area contributed by atoms with E-state index in [9.17, 15) is 9.59 Å². The van der Waals surface area contributed by atoms with Crippen molar-refractivity contribution in [3.05, 3.63) is 0 Å². The molecule has 0 aliphatic heterocycles. The number of ether oxygens (including phenoxy) is 2. The van der Waals surface area contributed by atoms with E-state index >= 15 is 0 Å². The second kappa shape index (κ2) is 6.92. The molecule has 0 heterocycles. The van der Waals surface area contributed by atoms with Crippen molar-refractivity contribution in [1.82, 2.24) is 0 Å². The molecule has 1 atom stereocenters. The van der Waals surface area contributed by atoms with Gasteiger partial charge in [0, 0.05) is 4.43 Å². The summed E-state index contributed by atoms with van der Waals surface area (Å²) in [7, 11) is 0. The van der Waals surface area contributed by atoms with E-state index in [4.69, 9.17) is 34.8 Å². The summed E-state index contributed by atoms with van der Waals surface area (Å²) in [5, 5.41) is 0. The lowest BCUT2D eigenvalue weighted by molar-refractivity contribution is -0.151. The molecule has 0 saturated carbocycles. The summed E-state index contributed by atoms with van der Waals surface area (Å²) in [5.41, 5.74) is 0. The van der Waals surface area contributed by atoms with E-state index in [-0.39, 0.29) is 4.43 Å². The molecular formula is C6H5Cl3IO4. The van der Waals surface area contributed by atoms with Crippen molar-refractivity contribution < 1.29 is 19.1 Å². The fraction of sp³-hybridized carbons (Fsp3) is 0.667. The van der Waals surface area contributed by atoms with Crippen molar-refractivity contribution in [3.8, 4) is 0 Å². The first-order chi connectivity index (χ1) is 6.40. The first kappa shape index (κ1) is 14.5. The molecule has 0 aromatic carbocycles. The van der Waals surface area contributed by atoms with E-state index < -0.39 is 22.5 Å². The number of hydrogen-bond acceptors (Lipinski definition) is 4. The van der Waals surface area contributed by atoms with Crippen LogP contribution in [0.5, 0.6) is 0 Å². The zero-order valence-corrected chi connectivity index (χ0v) is 11.1. The van der Waals surface area contributed by atoms with Crippen molar-refractivity contribution in [1.29, 1.82) is 0 Å². The molecule has 8 heteroatoms. The highest BCUT2D eigenvalue weighted by molar-refractivity contribution is 14.1. The van der Waals surface area contributed by atoms with Crippen LogP contribution in [0.4, 0.5) is 0 Å². The molecule has 4 nitrogen and oxygen atoms in total. The fourth-order valence-electron chi connectivity index (χ4n) is 0.447. The topological polar surface area (TPSA) is 52.6 Å². The van der Waals surface area contributed by atoms with Crippen LogP contribution in [0.2, 0.25) is 0 Å². The summed E-state index contributed by atoms with van der Waals surface area (Å²) in [5.74, 6) is -0.769. The Kier molecular flexibility index (Phi) is 7.19. The quantitative estimate of drug-likeness (QED) is 0.418. The molecule has 0 N–H and O–H groups in total. The third-order valence-corrected chi connectivity index (χ3v) is 2.10. The van der Waals surface area contributed by atoms with Gasteiger partial charge in [-0.25, -0.2) is 9.59 Å². The summed E-state index contributed by atoms with van der Waals surface area (Å²) >= 11 is 17.9. The molecule has 0 amide bonds. The largest absolute Gasteiger partial charge is 0.458 e. The van der Waals surface area contributed by atoms with Gasteiger partial charge in [-0.1, -0.05) is 57.4 Å². The molecule has 0 aromatic rings. The summed E-state index contributed by atoms with van der Waals surface area (Å²) < 4.78 is 7.44. The SMILES string of the molecule is O=[C]OC(CI)C(=O)OCC(Cl)(Cl)Cl. The first-order valence-electron chi connectivity index (χ1n) is 3.23. The Morgan fingerprint density at radius 3 is 2.43 bits per heavy atom. The van der Waals surface area contributed by atoms with Gasteiger partial charge in [0.25, 0.3) is 0 Å². The highest BCUT2D eigenvalue weighted by Crippen LogP contribution is 2.26. The van der Waals surface area contributed by atoms with E-state index in [0.717, 1.165) is 6.47 Å². The lowest BCUT2D eigenvalue weighted by atomic mass is 10.4. The van der Waals surface area contributed by atoms with Gasteiger partial charge in [-0.05, 0) is 0 Å². The minimum atomic E-state index is -1.67. The Bertz CT molecular complexity index is 206. The molecule has 0 fully saturated rings. The Hall–Kier alpha value is 0.540. The molecule has 14 heavy (non-hydrogen) atoms. The molecule has 0 aliphatic rings. The van der Waals surface area contributed by atoms with Gasteiger partial charge in [0.2, 0.25) is 9.90 Å². The van der Waals surface area contributed by atoms with Gasteiger partial charge in [-0.2, -0.15) is 0 Å². The van der Waals surface area contributed by atoms with Crippen LogP contribution in [-0.2, 0) is 19.1 Å². The maximum atomic E-state index is 11.1. The maximum absolute atomic E-state index is 11.1. The third-order valence-electron chi connectivity index (χ3n) is 0.971. The standard InChI is InChI=1S/C6H5Cl3IO4/c7-6(8,9)2-13-5(12)4(1-10)14-3-11/h4H,1-2H2. The van der Waals surface area contributed by atoms with E-state index in [2.05, 4.69) is 9.47 Å². The summed E-state index contributed by atoms with van der Waals surface area (Å²) in [6.07, 6.45) is -1.01. The van der Waals surface area contributed by atoms with Gasteiger partial charge in [-0.3, -0.25) is 0 Å². The predicted molar refractivity (Wildman–Crippen MR) is 60.7 cm³/mol. The Balaban J connectivity index is 3.98. The van der Waals surface area contributed by atoms with Crippen LogP contribution in [0.1, 0.15) is 0 Å². The highest BCUT2D eigenvalue weighted by atomic mass is 127. The van der Waals surface area contributed by atoms with Crippen molar-refractivity contribution in [2.24, 2.45) is 0 Å². The number of carbonyl (C=O) groups excluding carboxylic acids is 2. The highest BCUT2D eigenvalue weighted by Gasteiger charge is 2.26. The number of alkyl halides is 4. The molecular weight excluding hydrogens is 369 g/mol. The summed E-state index contributed by atoms with van der Waals surface area (Å²) in [6.45, 7) is 0.745. The predicted octanol–water partition coefficient (Wildman–Crippen LogP) is 1.79. The van der Waals surface area contributed by atoms with Crippen LogP contribution < -0.4 is 0 Å². The molecule has 1 radical (unpaired) electrons. The average Bonchev–Trinajstić information content (AvgIpc) is 2.09. The van der Waals surface area contributed by atoms with Crippen LogP contribution in [0.15, 0.2) is 0 Å². The average molecular weight is 374 g/mol. The molecule has 0 bridgehead atoms. The van der Waals surface area contributed by atoms with Crippen LogP contribution in [-0.4, -0.2) is 33.4 Å². The number of esters is 1. The number of rotatable bonds is 5. The number of halogens is 4. The van der Waals surface area contributed by atoms with Gasteiger partial charge in [0.05, 0.1) is 0 Å². The second-order valence-corrected chi connectivity index (χ2v) is 5.46. The van der Waals surface area contributed by atoms with Crippen LogP contribution in [0.25, 0.3) is 0 Å². The Morgan fingerprint density at radius 2 is 2.07 bits per heavy atom. The molecule has 81 valence electrons. The fourth-order valence-corrected chi connectivity index (χ4v) is 1.15. The molecule has 0 aliphatic carbocycles. The zero-order chi connectivity index (χ0) is 11.2. The third kappa shape index (κ3) is 6.92. The van der Waals surface area contributed by atoms with Crippen molar-refractivity contribution >= 4 is 69.8 Å². The second-order valence-electron chi connectivity index (χ2n) is 2.07. The summed E-state index contributed by atoms with van der Waals surface area (Å²) in [4.78, 5) is 20.9. The maximum Gasteiger partial charge on any atom is 0.418 e. The molecule has 1 unspecified atom stereocenters. The number of hydrogen-bond donors (Lipinski definition) is 0. The zero-order valence-electron chi connectivity index (χ0n) is 6.64. The van der Waals surface area contributed by atoms with Crippen LogP contribution in [0, 0.1) is 0 Å². The van der Waals surface area contributed by atoms with Crippen LogP contribution in [0.3, 0.4) is 0 Å². The lowest BCUT2D eigenvalue weighted by Gasteiger charge is -2.14. The minimum absolute atomic E-state index is 0.242. The molecule has 0 aromatic heterocycles. The summed E-state index contributed by atoms with van der Waals surface area (Å²) in [6, 6.07) is 0. The Labute approximate surface area is 109 Å². The first-order valence-corrected chi connectivity index (χ1v) is 5.89. The van der Waals surface area contributed by atoms with Crippen molar-refractivity contribution in [2.75, 3.05) is 11.0 Å². The van der Waals surface area contributed by atoms with E-state index in [1.807, 2.05) is 22.6 Å². The van der Waals surface area contributed by atoms with E-state index in [0.29, 0.717) is 0 Å². The van der Waals surface area contributed by atoms with Crippen LogP contribution >= 0.6 is 57.4 Å². The van der Waals surface area contributed by atoms with Gasteiger partial charge in [0.1, 0.15) is 6.61 Å². The Morgan fingerprint density at radius 1 is 1.50 bits per heavy atom. The molecule has 0 rings (SSSR count). The molecule has 0 saturated heterocycles. The van der Waals surface area contributed by atoms with Crippen molar-refractivity contribution in [2.45, 2.75) is 9.90 Å². The lowest BCUT2D eigenvalue weighted by Crippen LogP contribution is -2.30. The normalized spacial score (nSPS) is 13.1. The van der Waals surface area contributed by atoms with E-state index in [1.54, 1.807) is 0 Å². The van der Waals surface area contributed by atoms with Gasteiger partial charge < -0.3 is 9.47 Å². The van der Waals surface area contributed by atoms with Gasteiger partial charge >= 0.3 is 12.4 Å². The smallest absolute Gasteiger partial charge is 0.418 e. The van der Waals surface area contributed by atoms with Crippen molar-refractivity contribution in [3.63, 3.8) is 0 Å². The van der Waals surface area contributed by atoms with Gasteiger partial charge in [-0.15, -0.1) is 0 Å². The molecule has 0 spiro atoms. The minimum Gasteiger partial charge on any atom is -0.458 e.